The van der Waals surface area contributed by atoms with Crippen molar-refractivity contribution in [1.82, 2.24) is 15.3 Å². The van der Waals surface area contributed by atoms with Gasteiger partial charge in [0.25, 0.3) is 0 Å². The number of nitrogens with zero attached hydrogens (tertiary/aromatic N) is 2. The van der Waals surface area contributed by atoms with Crippen molar-refractivity contribution in [2.75, 3.05) is 6.61 Å². The van der Waals surface area contributed by atoms with Crippen LogP contribution in [0.15, 0.2) is 91.3 Å². The number of carbonyl (C=O) groups is 2. The van der Waals surface area contributed by atoms with Crippen LogP contribution < -0.4 is 10.1 Å². The number of amides is 1. The molecule has 3 aromatic carbocycles. The number of ether oxygens (including phenoxy) is 2. The third kappa shape index (κ3) is 9.44. The number of nitrogens with one attached hydrogen (secondary N) is 1. The van der Waals surface area contributed by atoms with E-state index in [4.69, 9.17) is 9.47 Å². The molecule has 0 aliphatic rings. The maximum Gasteiger partial charge on any atom is 0.408 e. The minimum atomic E-state index is -1.14. The summed E-state index contributed by atoms with van der Waals surface area (Å²) in [4.78, 5) is 33.0. The number of hydrogen-bond donors (Lipinski definition) is 2. The number of hydrogen-bond acceptors (Lipinski definition) is 6. The van der Waals surface area contributed by atoms with Crippen LogP contribution in [0.25, 0.3) is 22.5 Å². The molecule has 0 bridgehead atoms. The van der Waals surface area contributed by atoms with Crippen molar-refractivity contribution < 1.29 is 24.2 Å². The zero-order valence-corrected chi connectivity index (χ0v) is 23.9. The van der Waals surface area contributed by atoms with E-state index < -0.39 is 18.1 Å². The van der Waals surface area contributed by atoms with Crippen LogP contribution in [-0.2, 0) is 22.6 Å². The SMILES string of the molecule is CCCCCCCOc1ccc(-c2cnc(-c3ccc(CC(NC(=O)OCc4ccccc4)C(=O)O)cc3)nc2)cc1. The van der Waals surface area contributed by atoms with Gasteiger partial charge >= 0.3 is 12.1 Å². The molecule has 4 rings (SSSR count). The van der Waals surface area contributed by atoms with Gasteiger partial charge in [-0.1, -0.05) is 99.3 Å². The first-order valence-electron chi connectivity index (χ1n) is 14.4. The van der Waals surface area contributed by atoms with Gasteiger partial charge in [0.05, 0.1) is 6.61 Å². The quantitative estimate of drug-likeness (QED) is 0.148. The Kier molecular flexibility index (Phi) is 11.5. The van der Waals surface area contributed by atoms with E-state index in [0.717, 1.165) is 46.6 Å². The van der Waals surface area contributed by atoms with Crippen LogP contribution in [0.2, 0.25) is 0 Å². The standard InChI is InChI=1S/C34H37N3O5/c1-2-3-4-5-9-20-41-30-18-16-27(17-19-30)29-22-35-32(36-23-29)28-14-12-25(13-15-28)21-31(33(38)39)37-34(40)42-24-26-10-7-6-8-11-26/h6-8,10-19,22-23,31H,2-5,9,20-21,24H2,1H3,(H,37,40)(H,38,39). The molecule has 0 spiro atoms. The molecule has 1 aromatic heterocycles. The third-order valence-corrected chi connectivity index (χ3v) is 6.81. The molecule has 0 saturated carbocycles. The molecule has 42 heavy (non-hydrogen) atoms. The van der Waals surface area contributed by atoms with Crippen molar-refractivity contribution in [3.8, 4) is 28.3 Å². The Morgan fingerprint density at radius 1 is 0.786 bits per heavy atom. The maximum atomic E-state index is 12.2. The number of unbranched alkanes of at least 4 members (excludes halogenated alkanes) is 4. The van der Waals surface area contributed by atoms with E-state index in [1.807, 2.05) is 78.9 Å². The minimum absolute atomic E-state index is 0.0610. The molecular formula is C34H37N3O5. The van der Waals surface area contributed by atoms with Crippen molar-refractivity contribution >= 4 is 12.1 Å². The van der Waals surface area contributed by atoms with Gasteiger partial charge in [0, 0.05) is 29.9 Å². The Morgan fingerprint density at radius 2 is 1.45 bits per heavy atom. The molecule has 1 heterocycles. The summed E-state index contributed by atoms with van der Waals surface area (Å²) >= 11 is 0. The Balaban J connectivity index is 1.28. The zero-order chi connectivity index (χ0) is 29.6. The average molecular weight is 568 g/mol. The normalized spacial score (nSPS) is 11.5. The summed E-state index contributed by atoms with van der Waals surface area (Å²) in [6.07, 6.45) is 8.94. The molecule has 0 radical (unpaired) electrons. The number of rotatable bonds is 15. The lowest BCUT2D eigenvalue weighted by Gasteiger charge is -2.15. The van der Waals surface area contributed by atoms with Crippen LogP contribution in [0.4, 0.5) is 4.79 Å². The van der Waals surface area contributed by atoms with Crippen molar-refractivity contribution in [2.24, 2.45) is 0 Å². The Hall–Kier alpha value is -4.72. The van der Waals surface area contributed by atoms with Crippen LogP contribution in [0, 0.1) is 0 Å². The fourth-order valence-electron chi connectivity index (χ4n) is 4.40. The number of benzene rings is 3. The van der Waals surface area contributed by atoms with Gasteiger partial charge in [0.2, 0.25) is 0 Å². The topological polar surface area (TPSA) is 111 Å². The molecule has 0 aliphatic carbocycles. The lowest BCUT2D eigenvalue weighted by atomic mass is 10.0. The molecule has 0 fully saturated rings. The number of carboxylic acid groups (broad SMARTS) is 1. The Morgan fingerprint density at radius 3 is 2.12 bits per heavy atom. The highest BCUT2D eigenvalue weighted by molar-refractivity contribution is 5.80. The fraction of sp³-hybridized carbons (Fsp3) is 0.294. The summed E-state index contributed by atoms with van der Waals surface area (Å²) in [5, 5.41) is 12.0. The summed E-state index contributed by atoms with van der Waals surface area (Å²) in [5.41, 5.74) is 4.26. The van der Waals surface area contributed by atoms with Crippen LogP contribution in [0.5, 0.6) is 5.75 Å². The molecule has 0 saturated heterocycles. The number of alkyl carbamates (subject to hydrolysis) is 1. The van der Waals surface area contributed by atoms with E-state index in [1.54, 1.807) is 12.4 Å². The number of aliphatic carboxylic acids is 1. The van der Waals surface area contributed by atoms with Crippen LogP contribution >= 0.6 is 0 Å². The predicted octanol–water partition coefficient (Wildman–Crippen LogP) is 7.08. The lowest BCUT2D eigenvalue weighted by molar-refractivity contribution is -0.139. The Bertz CT molecular complexity index is 1390. The van der Waals surface area contributed by atoms with E-state index >= 15 is 0 Å². The van der Waals surface area contributed by atoms with Crippen LogP contribution in [-0.4, -0.2) is 39.8 Å². The number of carbonyl (C=O) groups excluding carboxylic acids is 1. The minimum Gasteiger partial charge on any atom is -0.494 e. The van der Waals surface area contributed by atoms with Crippen LogP contribution in [0.1, 0.15) is 50.2 Å². The van der Waals surface area contributed by atoms with E-state index in [2.05, 4.69) is 22.2 Å². The molecule has 1 unspecified atom stereocenters. The lowest BCUT2D eigenvalue weighted by Crippen LogP contribution is -2.42. The molecular weight excluding hydrogens is 530 g/mol. The zero-order valence-electron chi connectivity index (χ0n) is 23.9. The van der Waals surface area contributed by atoms with E-state index in [9.17, 15) is 14.7 Å². The molecule has 0 aliphatic heterocycles. The monoisotopic (exact) mass is 567 g/mol. The van der Waals surface area contributed by atoms with Crippen molar-refractivity contribution in [3.05, 3.63) is 102 Å². The van der Waals surface area contributed by atoms with E-state index in [-0.39, 0.29) is 13.0 Å². The van der Waals surface area contributed by atoms with Crippen LogP contribution in [0.3, 0.4) is 0 Å². The molecule has 1 atom stereocenters. The highest BCUT2D eigenvalue weighted by Gasteiger charge is 2.21. The van der Waals surface area contributed by atoms with Crippen molar-refractivity contribution in [3.63, 3.8) is 0 Å². The first-order chi connectivity index (χ1) is 20.5. The summed E-state index contributed by atoms with van der Waals surface area (Å²) in [6.45, 7) is 3.00. The Labute approximate surface area is 246 Å². The second-order valence-corrected chi connectivity index (χ2v) is 10.1. The molecule has 8 nitrogen and oxygen atoms in total. The molecule has 4 aromatic rings. The molecule has 1 amide bonds. The first-order valence-corrected chi connectivity index (χ1v) is 14.4. The highest BCUT2D eigenvalue weighted by atomic mass is 16.5. The maximum absolute atomic E-state index is 12.2. The summed E-state index contributed by atoms with van der Waals surface area (Å²) in [7, 11) is 0. The van der Waals surface area contributed by atoms with Gasteiger partial charge < -0.3 is 19.9 Å². The largest absolute Gasteiger partial charge is 0.494 e. The van der Waals surface area contributed by atoms with Gasteiger partial charge in [-0.25, -0.2) is 19.6 Å². The van der Waals surface area contributed by atoms with E-state index in [0.29, 0.717) is 5.82 Å². The molecule has 8 heteroatoms. The molecule has 2 N–H and O–H groups in total. The van der Waals surface area contributed by atoms with Crippen molar-refractivity contribution in [1.29, 1.82) is 0 Å². The predicted molar refractivity (Wildman–Crippen MR) is 162 cm³/mol. The van der Waals surface area contributed by atoms with E-state index in [1.165, 1.54) is 25.7 Å². The summed E-state index contributed by atoms with van der Waals surface area (Å²) < 4.78 is 11.0. The summed E-state index contributed by atoms with van der Waals surface area (Å²) in [5.74, 6) is 0.277. The summed E-state index contributed by atoms with van der Waals surface area (Å²) in [6, 6.07) is 23.3. The van der Waals surface area contributed by atoms with Gasteiger partial charge in [-0.15, -0.1) is 0 Å². The van der Waals surface area contributed by atoms with Gasteiger partial charge in [-0.3, -0.25) is 0 Å². The van der Waals surface area contributed by atoms with Gasteiger partial charge in [0.1, 0.15) is 18.4 Å². The fourth-order valence-corrected chi connectivity index (χ4v) is 4.40. The number of aromatic nitrogens is 2. The average Bonchev–Trinajstić information content (AvgIpc) is 3.02. The van der Waals surface area contributed by atoms with Crippen molar-refractivity contribution in [2.45, 2.75) is 58.1 Å². The highest BCUT2D eigenvalue weighted by Crippen LogP contribution is 2.23. The van der Waals surface area contributed by atoms with Gasteiger partial charge in [0.15, 0.2) is 5.82 Å². The smallest absolute Gasteiger partial charge is 0.408 e. The molecule has 218 valence electrons. The van der Waals surface area contributed by atoms with Gasteiger partial charge in [-0.05, 0) is 35.2 Å². The first kappa shape index (κ1) is 30.2. The van der Waals surface area contributed by atoms with Gasteiger partial charge in [-0.2, -0.15) is 0 Å². The second-order valence-electron chi connectivity index (χ2n) is 10.1. The number of carboxylic acids is 1. The third-order valence-electron chi connectivity index (χ3n) is 6.81. The second kappa shape index (κ2) is 15.9.